The van der Waals surface area contributed by atoms with Gasteiger partial charge in [-0.2, -0.15) is 0 Å². The zero-order chi connectivity index (χ0) is 16.1. The first kappa shape index (κ1) is 19.2. The van der Waals surface area contributed by atoms with Crippen molar-refractivity contribution < 1.29 is 4.79 Å². The number of hydrogen-bond donors (Lipinski definition) is 2. The molecule has 1 saturated heterocycles. The Bertz CT molecular complexity index is 515. The molecule has 7 heteroatoms. The van der Waals surface area contributed by atoms with Gasteiger partial charge in [-0.15, -0.1) is 17.5 Å². The highest BCUT2D eigenvalue weighted by Gasteiger charge is 2.20. The summed E-state index contributed by atoms with van der Waals surface area (Å²) < 4.78 is 1.86. The number of carbonyl (C=O) groups is 1. The van der Waals surface area contributed by atoms with Gasteiger partial charge in [-0.3, -0.25) is 4.79 Å². The monoisotopic (exact) mass is 355 g/mol. The average Bonchev–Trinajstić information content (AvgIpc) is 3.06. The van der Waals surface area contributed by atoms with Crippen LogP contribution in [0.25, 0.3) is 0 Å². The molecule has 2 heterocycles. The summed E-state index contributed by atoms with van der Waals surface area (Å²) in [5.74, 6) is 1.52. The average molecular weight is 356 g/mol. The zero-order valence-corrected chi connectivity index (χ0v) is 15.4. The van der Waals surface area contributed by atoms with Crippen LogP contribution in [0, 0.1) is 11.8 Å². The Morgan fingerprint density at radius 3 is 2.88 bits per heavy atom. The Morgan fingerprint density at radius 1 is 1.33 bits per heavy atom. The molecule has 2 N–H and O–H groups in total. The van der Waals surface area contributed by atoms with E-state index in [1.807, 2.05) is 4.68 Å². The van der Waals surface area contributed by atoms with Crippen LogP contribution in [0.15, 0.2) is 6.20 Å². The third kappa shape index (κ3) is 5.18. The number of nitrogens with one attached hydrogen (secondary N) is 2. The molecule has 2 aliphatic rings. The smallest absolute Gasteiger partial charge is 0.273 e. The molecule has 1 aliphatic heterocycles. The maximum absolute atomic E-state index is 12.2. The van der Waals surface area contributed by atoms with Gasteiger partial charge in [0.1, 0.15) is 0 Å². The Kier molecular flexibility index (Phi) is 7.49. The fraction of sp³-hybridized carbons (Fsp3) is 0.824. The summed E-state index contributed by atoms with van der Waals surface area (Å²) in [6, 6.07) is 0.369. The first-order valence-electron chi connectivity index (χ1n) is 9.13. The summed E-state index contributed by atoms with van der Waals surface area (Å²) in [5.41, 5.74) is 0.445. The normalized spacial score (nSPS) is 25.0. The SMILES string of the molecule is CC1CCCC(CCNC(=O)c2cn(C3CCNCC3)nn2)C1.Cl. The Morgan fingerprint density at radius 2 is 2.12 bits per heavy atom. The van der Waals surface area contributed by atoms with E-state index in [1.54, 1.807) is 6.20 Å². The second kappa shape index (κ2) is 9.37. The van der Waals surface area contributed by atoms with Crippen molar-refractivity contribution in [1.29, 1.82) is 0 Å². The second-order valence-corrected chi connectivity index (χ2v) is 7.25. The number of nitrogens with zero attached hydrogens (tertiary/aromatic N) is 3. The molecular weight excluding hydrogens is 326 g/mol. The van der Waals surface area contributed by atoms with Crippen molar-refractivity contribution in [3.05, 3.63) is 11.9 Å². The summed E-state index contributed by atoms with van der Waals surface area (Å²) in [7, 11) is 0. The van der Waals surface area contributed by atoms with Crippen LogP contribution in [-0.4, -0.2) is 40.5 Å². The number of piperidine rings is 1. The summed E-state index contributed by atoms with van der Waals surface area (Å²) in [5, 5.41) is 14.5. The topological polar surface area (TPSA) is 71.8 Å². The van der Waals surface area contributed by atoms with Crippen molar-refractivity contribution in [2.45, 2.75) is 57.9 Å². The van der Waals surface area contributed by atoms with E-state index in [9.17, 15) is 4.79 Å². The van der Waals surface area contributed by atoms with Crippen LogP contribution in [-0.2, 0) is 0 Å². The molecule has 3 rings (SSSR count). The lowest BCUT2D eigenvalue weighted by atomic mass is 9.81. The maximum Gasteiger partial charge on any atom is 0.273 e. The van der Waals surface area contributed by atoms with Crippen LogP contribution in [0.3, 0.4) is 0 Å². The molecule has 2 atom stereocenters. The molecule has 1 amide bonds. The molecule has 0 spiro atoms. The molecule has 2 unspecified atom stereocenters. The highest BCUT2D eigenvalue weighted by Crippen LogP contribution is 2.30. The maximum atomic E-state index is 12.2. The van der Waals surface area contributed by atoms with Crippen molar-refractivity contribution in [1.82, 2.24) is 25.6 Å². The summed E-state index contributed by atoms with van der Waals surface area (Å²) in [6.07, 6.45) is 10.3. The molecule has 1 aromatic rings. The summed E-state index contributed by atoms with van der Waals surface area (Å²) in [4.78, 5) is 12.2. The van der Waals surface area contributed by atoms with Gasteiger partial charge in [0, 0.05) is 6.54 Å². The Hall–Kier alpha value is -1.14. The number of rotatable bonds is 5. The standard InChI is InChI=1S/C17H29N5O.ClH/c1-13-3-2-4-14(11-13)5-10-19-17(23)16-12-22(21-20-16)15-6-8-18-9-7-15;/h12-15,18H,2-11H2,1H3,(H,19,23);1H. The van der Waals surface area contributed by atoms with Gasteiger partial charge in [0.05, 0.1) is 12.2 Å². The fourth-order valence-electron chi connectivity index (χ4n) is 3.93. The zero-order valence-electron chi connectivity index (χ0n) is 14.5. The quantitative estimate of drug-likeness (QED) is 0.851. The second-order valence-electron chi connectivity index (χ2n) is 7.25. The van der Waals surface area contributed by atoms with Crippen LogP contribution in [0.2, 0.25) is 0 Å². The van der Waals surface area contributed by atoms with Crippen LogP contribution in [0.4, 0.5) is 0 Å². The highest BCUT2D eigenvalue weighted by atomic mass is 35.5. The van der Waals surface area contributed by atoms with Gasteiger partial charge >= 0.3 is 0 Å². The lowest BCUT2D eigenvalue weighted by molar-refractivity contribution is 0.0944. The largest absolute Gasteiger partial charge is 0.351 e. The highest BCUT2D eigenvalue weighted by molar-refractivity contribution is 5.91. The van der Waals surface area contributed by atoms with Crippen LogP contribution >= 0.6 is 12.4 Å². The molecule has 1 aliphatic carbocycles. The van der Waals surface area contributed by atoms with E-state index in [0.29, 0.717) is 11.7 Å². The number of aromatic nitrogens is 3. The summed E-state index contributed by atoms with van der Waals surface area (Å²) >= 11 is 0. The van der Waals surface area contributed by atoms with Crippen molar-refractivity contribution in [2.75, 3.05) is 19.6 Å². The molecule has 1 saturated carbocycles. The number of hydrogen-bond acceptors (Lipinski definition) is 4. The van der Waals surface area contributed by atoms with Crippen LogP contribution in [0.5, 0.6) is 0 Å². The predicted octanol–water partition coefficient (Wildman–Crippen LogP) is 2.57. The third-order valence-corrected chi connectivity index (χ3v) is 5.31. The van der Waals surface area contributed by atoms with Gasteiger partial charge in [0.2, 0.25) is 0 Å². The van der Waals surface area contributed by atoms with Gasteiger partial charge in [0.15, 0.2) is 5.69 Å². The molecule has 0 radical (unpaired) electrons. The van der Waals surface area contributed by atoms with Gasteiger partial charge in [-0.1, -0.05) is 31.4 Å². The van der Waals surface area contributed by atoms with Crippen molar-refractivity contribution in [3.8, 4) is 0 Å². The van der Waals surface area contributed by atoms with Gasteiger partial charge in [0.25, 0.3) is 5.91 Å². The Balaban J connectivity index is 0.00000208. The van der Waals surface area contributed by atoms with Gasteiger partial charge in [-0.05, 0) is 50.6 Å². The van der Waals surface area contributed by atoms with Crippen molar-refractivity contribution in [2.24, 2.45) is 11.8 Å². The van der Waals surface area contributed by atoms with E-state index in [1.165, 1.54) is 25.7 Å². The molecule has 0 aromatic carbocycles. The van der Waals surface area contributed by atoms with E-state index in [2.05, 4.69) is 27.9 Å². The van der Waals surface area contributed by atoms with E-state index in [4.69, 9.17) is 0 Å². The molecular formula is C17H30ClN5O. The van der Waals surface area contributed by atoms with E-state index >= 15 is 0 Å². The minimum absolute atomic E-state index is 0. The van der Waals surface area contributed by atoms with Crippen molar-refractivity contribution >= 4 is 18.3 Å². The minimum atomic E-state index is -0.0888. The number of carbonyl (C=O) groups excluding carboxylic acids is 1. The van der Waals surface area contributed by atoms with E-state index in [0.717, 1.165) is 50.7 Å². The van der Waals surface area contributed by atoms with E-state index in [-0.39, 0.29) is 18.3 Å². The lowest BCUT2D eigenvalue weighted by Crippen LogP contribution is -2.29. The van der Waals surface area contributed by atoms with Gasteiger partial charge < -0.3 is 10.6 Å². The minimum Gasteiger partial charge on any atom is -0.351 e. The predicted molar refractivity (Wildman–Crippen MR) is 96.5 cm³/mol. The lowest BCUT2D eigenvalue weighted by Gasteiger charge is -2.26. The van der Waals surface area contributed by atoms with Crippen LogP contribution < -0.4 is 10.6 Å². The third-order valence-electron chi connectivity index (χ3n) is 5.31. The summed E-state index contributed by atoms with van der Waals surface area (Å²) in [6.45, 7) is 5.10. The fourth-order valence-corrected chi connectivity index (χ4v) is 3.93. The first-order chi connectivity index (χ1) is 11.2. The molecule has 0 bridgehead atoms. The molecule has 6 nitrogen and oxygen atoms in total. The Labute approximate surface area is 150 Å². The molecule has 2 fully saturated rings. The van der Waals surface area contributed by atoms with Gasteiger partial charge in [-0.25, -0.2) is 4.68 Å². The van der Waals surface area contributed by atoms with Crippen molar-refractivity contribution in [3.63, 3.8) is 0 Å². The van der Waals surface area contributed by atoms with Crippen LogP contribution in [0.1, 0.15) is 68.4 Å². The van der Waals surface area contributed by atoms with E-state index < -0.39 is 0 Å². The molecule has 24 heavy (non-hydrogen) atoms. The number of halogens is 1. The molecule has 1 aromatic heterocycles. The number of amides is 1. The molecule has 136 valence electrons. The first-order valence-corrected chi connectivity index (χ1v) is 9.13.